The molecular weight excluding hydrogens is 577 g/mol. The number of nitrogens with zero attached hydrogens (tertiary/aromatic N) is 2. The van der Waals surface area contributed by atoms with Crippen molar-refractivity contribution < 1.29 is 17.9 Å². The summed E-state index contributed by atoms with van der Waals surface area (Å²) < 4.78 is 34.6. The number of benzene rings is 3. The minimum Gasteiger partial charge on any atom is -0.427 e. The molecule has 0 spiro atoms. The molecule has 4 rings (SSSR count). The molecule has 178 valence electrons. The first-order valence-corrected chi connectivity index (χ1v) is 13.4. The maximum atomic E-state index is 12.9. The number of nitrogens with one attached hydrogen (secondary N) is 1. The monoisotopic (exact) mass is 599 g/mol. The highest BCUT2D eigenvalue weighted by molar-refractivity contribution is 14.1. The summed E-state index contributed by atoms with van der Waals surface area (Å²) in [7, 11) is -3.71. The highest BCUT2D eigenvalue weighted by Crippen LogP contribution is 2.25. The van der Waals surface area contributed by atoms with E-state index in [4.69, 9.17) is 9.72 Å². The highest BCUT2D eigenvalue weighted by atomic mass is 127. The molecule has 0 aliphatic rings. The van der Waals surface area contributed by atoms with E-state index in [9.17, 15) is 13.2 Å². The molecule has 35 heavy (non-hydrogen) atoms. The van der Waals surface area contributed by atoms with E-state index in [0.717, 1.165) is 14.7 Å². The van der Waals surface area contributed by atoms with Crippen molar-refractivity contribution in [3.63, 3.8) is 0 Å². The van der Waals surface area contributed by atoms with Gasteiger partial charge in [0.1, 0.15) is 5.75 Å². The molecule has 1 N–H and O–H groups in total. The quantitative estimate of drug-likeness (QED) is 0.170. The van der Waals surface area contributed by atoms with Crippen molar-refractivity contribution in [1.82, 2.24) is 9.97 Å². The number of hydrogen-bond donors (Lipinski definition) is 1. The Kier molecular flexibility index (Phi) is 7.76. The third-order valence-corrected chi connectivity index (χ3v) is 6.93. The second-order valence-electron chi connectivity index (χ2n) is 7.82. The van der Waals surface area contributed by atoms with Crippen LogP contribution in [0.5, 0.6) is 5.75 Å². The van der Waals surface area contributed by atoms with Gasteiger partial charge in [-0.15, -0.1) is 0 Å². The van der Waals surface area contributed by atoms with Crippen LogP contribution in [0.1, 0.15) is 23.7 Å². The van der Waals surface area contributed by atoms with Crippen LogP contribution in [-0.4, -0.2) is 24.4 Å². The molecule has 0 amide bonds. The molecule has 0 aliphatic heterocycles. The molecule has 0 bridgehead atoms. The first-order valence-electron chi connectivity index (χ1n) is 10.7. The third kappa shape index (κ3) is 7.09. The van der Waals surface area contributed by atoms with E-state index >= 15 is 0 Å². The molecule has 1 aromatic heterocycles. The Bertz CT molecular complexity index is 1430. The predicted octanol–water partition coefficient (Wildman–Crippen LogP) is 5.21. The fraction of sp³-hybridized carbons (Fsp3) is 0.115. The van der Waals surface area contributed by atoms with Crippen LogP contribution in [0.25, 0.3) is 11.3 Å². The summed E-state index contributed by atoms with van der Waals surface area (Å²) in [4.78, 5) is 20.3. The van der Waals surface area contributed by atoms with Gasteiger partial charge in [-0.25, -0.2) is 18.4 Å². The van der Waals surface area contributed by atoms with Gasteiger partial charge in [0, 0.05) is 22.5 Å². The summed E-state index contributed by atoms with van der Waals surface area (Å²) in [6.07, 6.45) is 1.92. The molecule has 0 saturated heterocycles. The summed E-state index contributed by atoms with van der Waals surface area (Å²) in [5.74, 6) is 0.0540. The van der Waals surface area contributed by atoms with Crippen molar-refractivity contribution in [2.75, 3.05) is 4.72 Å². The zero-order chi connectivity index (χ0) is 24.8. The van der Waals surface area contributed by atoms with Gasteiger partial charge in [0.05, 0.1) is 23.3 Å². The Hall–Kier alpha value is -3.31. The minimum atomic E-state index is -3.71. The van der Waals surface area contributed by atoms with E-state index in [1.54, 1.807) is 36.4 Å². The average Bonchev–Trinajstić information content (AvgIpc) is 2.82. The maximum Gasteiger partial charge on any atom is 0.308 e. The van der Waals surface area contributed by atoms with Crippen LogP contribution in [0.3, 0.4) is 0 Å². The Balaban J connectivity index is 1.64. The van der Waals surface area contributed by atoms with E-state index in [-0.39, 0.29) is 11.6 Å². The maximum absolute atomic E-state index is 12.9. The first kappa shape index (κ1) is 24.8. The number of anilines is 1. The van der Waals surface area contributed by atoms with Crippen LogP contribution in [0.15, 0.2) is 85.1 Å². The lowest BCUT2D eigenvalue weighted by atomic mass is 10.1. The molecule has 9 heteroatoms. The zero-order valence-electron chi connectivity index (χ0n) is 18.8. The van der Waals surface area contributed by atoms with Crippen LogP contribution in [0.2, 0.25) is 0 Å². The van der Waals surface area contributed by atoms with Crippen molar-refractivity contribution in [2.45, 2.75) is 19.1 Å². The molecule has 0 fully saturated rings. The molecule has 7 nitrogen and oxygen atoms in total. The fourth-order valence-corrected chi connectivity index (χ4v) is 4.94. The lowest BCUT2D eigenvalue weighted by Crippen LogP contribution is -2.18. The van der Waals surface area contributed by atoms with Crippen molar-refractivity contribution in [1.29, 1.82) is 0 Å². The number of esters is 1. The molecule has 0 aliphatic carbocycles. The van der Waals surface area contributed by atoms with Crippen LogP contribution < -0.4 is 9.46 Å². The van der Waals surface area contributed by atoms with Gasteiger partial charge >= 0.3 is 5.97 Å². The number of ether oxygens (including phenoxy) is 1. The number of halogens is 1. The Morgan fingerprint density at radius 3 is 2.29 bits per heavy atom. The number of hydrogen-bond acceptors (Lipinski definition) is 6. The average molecular weight is 599 g/mol. The second kappa shape index (κ2) is 11.0. The van der Waals surface area contributed by atoms with Gasteiger partial charge in [-0.1, -0.05) is 42.5 Å². The zero-order valence-corrected chi connectivity index (χ0v) is 21.8. The van der Waals surface area contributed by atoms with Crippen LogP contribution in [0.4, 0.5) is 5.82 Å². The van der Waals surface area contributed by atoms with Gasteiger partial charge < -0.3 is 4.74 Å². The number of carbonyl (C=O) groups is 1. The summed E-state index contributed by atoms with van der Waals surface area (Å²) >= 11 is 2.18. The molecule has 4 aromatic rings. The van der Waals surface area contributed by atoms with Gasteiger partial charge in [-0.3, -0.25) is 9.52 Å². The minimum absolute atomic E-state index is 0.171. The smallest absolute Gasteiger partial charge is 0.308 e. The Morgan fingerprint density at radius 1 is 0.943 bits per heavy atom. The largest absolute Gasteiger partial charge is 0.427 e. The topological polar surface area (TPSA) is 98.2 Å². The van der Waals surface area contributed by atoms with Crippen LogP contribution >= 0.6 is 22.6 Å². The van der Waals surface area contributed by atoms with E-state index in [2.05, 4.69) is 32.3 Å². The predicted molar refractivity (Wildman–Crippen MR) is 143 cm³/mol. The van der Waals surface area contributed by atoms with Crippen molar-refractivity contribution in [3.05, 3.63) is 105 Å². The lowest BCUT2D eigenvalue weighted by Gasteiger charge is -2.13. The first-order chi connectivity index (χ1) is 16.8. The van der Waals surface area contributed by atoms with Gasteiger partial charge in [0.2, 0.25) is 10.0 Å². The second-order valence-corrected chi connectivity index (χ2v) is 10.8. The van der Waals surface area contributed by atoms with E-state index in [1.807, 2.05) is 42.5 Å². The summed E-state index contributed by atoms with van der Waals surface area (Å²) in [6.45, 7) is 1.34. The summed E-state index contributed by atoms with van der Waals surface area (Å²) in [5.41, 5.74) is 3.49. The van der Waals surface area contributed by atoms with Crippen LogP contribution in [-0.2, 0) is 27.0 Å². The van der Waals surface area contributed by atoms with E-state index in [0.29, 0.717) is 29.1 Å². The molecule has 3 aromatic carbocycles. The molecule has 0 unspecified atom stereocenters. The van der Waals surface area contributed by atoms with Crippen LogP contribution in [0, 0.1) is 3.57 Å². The molecule has 0 radical (unpaired) electrons. The Labute approximate surface area is 217 Å². The van der Waals surface area contributed by atoms with Gasteiger partial charge in [-0.2, -0.15) is 0 Å². The number of aromatic nitrogens is 2. The molecule has 1 heterocycles. The number of rotatable bonds is 8. The van der Waals surface area contributed by atoms with E-state index < -0.39 is 16.0 Å². The van der Waals surface area contributed by atoms with Gasteiger partial charge in [0.15, 0.2) is 5.82 Å². The van der Waals surface area contributed by atoms with Crippen molar-refractivity contribution in [3.8, 4) is 17.0 Å². The lowest BCUT2D eigenvalue weighted by molar-refractivity contribution is -0.131. The number of sulfonamides is 1. The van der Waals surface area contributed by atoms with Gasteiger partial charge in [-0.05, 0) is 70.1 Å². The summed E-state index contributed by atoms with van der Waals surface area (Å²) in [6, 6.07) is 23.9. The molecular formula is C26H22IN3O4S. The fourth-order valence-electron chi connectivity index (χ4n) is 3.41. The standard InChI is InChI=1S/C26H22IN3O4S/c1-18(31)34-23-13-9-21(10-14-23)25-16-28-26(24(29-25)15-19-5-3-2-4-6-19)30-35(32,33)17-20-7-11-22(27)12-8-20/h2-14,16H,15,17H2,1H3,(H,28,30). The SMILES string of the molecule is CC(=O)Oc1ccc(-c2cnc(NS(=O)(=O)Cc3ccc(I)cc3)c(Cc3ccccc3)n2)cc1. The van der Waals surface area contributed by atoms with Crippen molar-refractivity contribution >= 4 is 44.4 Å². The summed E-state index contributed by atoms with van der Waals surface area (Å²) in [5, 5.41) is 0. The third-order valence-electron chi connectivity index (χ3n) is 4.99. The van der Waals surface area contributed by atoms with Gasteiger partial charge in [0.25, 0.3) is 0 Å². The number of carbonyl (C=O) groups excluding carboxylic acids is 1. The van der Waals surface area contributed by atoms with Crippen molar-refractivity contribution in [2.24, 2.45) is 0 Å². The highest BCUT2D eigenvalue weighted by Gasteiger charge is 2.18. The Morgan fingerprint density at radius 2 is 1.63 bits per heavy atom. The molecule has 0 saturated carbocycles. The normalized spacial score (nSPS) is 11.1. The van der Waals surface area contributed by atoms with E-state index in [1.165, 1.54) is 13.1 Å². The molecule has 0 atom stereocenters.